The smallest absolute Gasteiger partial charge is 0.325 e. The molecule has 3 amide bonds. The average Bonchev–Trinajstić information content (AvgIpc) is 2.91. The van der Waals surface area contributed by atoms with Crippen LogP contribution in [0.5, 0.6) is 0 Å². The Balaban J connectivity index is 2.25. The minimum absolute atomic E-state index is 0.192. The number of hydrogen-bond acceptors (Lipinski definition) is 4. The molecular formula is C13H20N2O4. The summed E-state index contributed by atoms with van der Waals surface area (Å²) in [6.45, 7) is 3.63. The maximum absolute atomic E-state index is 12.1. The molecule has 2 fully saturated rings. The zero-order valence-corrected chi connectivity index (χ0v) is 11.6. The first kappa shape index (κ1) is 13.8. The number of methoxy groups -OCH3 is 1. The molecular weight excluding hydrogens is 248 g/mol. The van der Waals surface area contributed by atoms with Crippen molar-refractivity contribution in [2.75, 3.05) is 13.7 Å². The molecule has 1 N–H and O–H groups in total. The normalized spacial score (nSPS) is 21.9. The molecule has 0 aromatic rings. The summed E-state index contributed by atoms with van der Waals surface area (Å²) in [5, 5.41) is 2.38. The lowest BCUT2D eigenvalue weighted by atomic mass is 9.89. The summed E-state index contributed by atoms with van der Waals surface area (Å²) in [6, 6.07) is -0.399. The molecule has 1 saturated carbocycles. The van der Waals surface area contributed by atoms with E-state index in [-0.39, 0.29) is 18.4 Å². The fraction of sp³-hybridized carbons (Fsp3) is 0.769. The van der Waals surface area contributed by atoms with E-state index in [1.165, 1.54) is 12.0 Å². The highest BCUT2D eigenvalue weighted by atomic mass is 16.5. The minimum Gasteiger partial charge on any atom is -0.469 e. The van der Waals surface area contributed by atoms with Gasteiger partial charge in [0.25, 0.3) is 5.91 Å². The molecule has 6 nitrogen and oxygen atoms in total. The molecule has 19 heavy (non-hydrogen) atoms. The van der Waals surface area contributed by atoms with Crippen LogP contribution in [-0.4, -0.2) is 42.0 Å². The molecule has 106 valence electrons. The number of urea groups is 1. The highest BCUT2D eigenvalue weighted by Gasteiger charge is 2.55. The number of nitrogens with one attached hydrogen (secondary N) is 1. The van der Waals surface area contributed by atoms with E-state index in [9.17, 15) is 14.4 Å². The van der Waals surface area contributed by atoms with E-state index in [1.54, 1.807) is 13.8 Å². The summed E-state index contributed by atoms with van der Waals surface area (Å²) in [4.78, 5) is 37.3. The van der Waals surface area contributed by atoms with Gasteiger partial charge in [-0.2, -0.15) is 0 Å². The number of carbonyl (C=O) groups excluding carboxylic acids is 3. The van der Waals surface area contributed by atoms with Crippen molar-refractivity contribution >= 4 is 17.9 Å². The van der Waals surface area contributed by atoms with Gasteiger partial charge in [0.05, 0.1) is 12.5 Å². The van der Waals surface area contributed by atoms with E-state index >= 15 is 0 Å². The van der Waals surface area contributed by atoms with Crippen LogP contribution in [-0.2, 0) is 14.3 Å². The topological polar surface area (TPSA) is 75.7 Å². The maximum atomic E-state index is 12.1. The molecule has 1 saturated heterocycles. The van der Waals surface area contributed by atoms with Crippen molar-refractivity contribution in [3.63, 3.8) is 0 Å². The van der Waals surface area contributed by atoms with Gasteiger partial charge in [-0.3, -0.25) is 14.9 Å². The quantitative estimate of drug-likeness (QED) is 0.613. The molecule has 1 spiro atoms. The summed E-state index contributed by atoms with van der Waals surface area (Å²) in [5.41, 5.74) is -1.57. The van der Waals surface area contributed by atoms with Crippen LogP contribution in [0.2, 0.25) is 0 Å². The second kappa shape index (κ2) is 4.51. The van der Waals surface area contributed by atoms with Crippen LogP contribution in [0.3, 0.4) is 0 Å². The molecule has 6 heteroatoms. The van der Waals surface area contributed by atoms with Gasteiger partial charge in [-0.25, -0.2) is 4.79 Å². The van der Waals surface area contributed by atoms with Crippen LogP contribution < -0.4 is 5.32 Å². The molecule has 0 atom stereocenters. The zero-order valence-electron chi connectivity index (χ0n) is 11.6. The average molecular weight is 268 g/mol. The molecule has 0 bridgehead atoms. The molecule has 1 aliphatic carbocycles. The first-order valence-electron chi connectivity index (χ1n) is 6.55. The maximum Gasteiger partial charge on any atom is 0.325 e. The lowest BCUT2D eigenvalue weighted by molar-refractivity contribution is -0.152. The van der Waals surface area contributed by atoms with Crippen molar-refractivity contribution in [1.29, 1.82) is 0 Å². The van der Waals surface area contributed by atoms with E-state index in [0.717, 1.165) is 12.8 Å². The van der Waals surface area contributed by atoms with Crippen molar-refractivity contribution in [2.45, 2.75) is 45.1 Å². The largest absolute Gasteiger partial charge is 0.469 e. The Morgan fingerprint density at radius 1 is 1.37 bits per heavy atom. The number of rotatable bonds is 3. The molecule has 0 aromatic carbocycles. The van der Waals surface area contributed by atoms with Gasteiger partial charge < -0.3 is 9.64 Å². The molecule has 2 aliphatic rings. The number of ether oxygens (including phenoxy) is 1. The SMILES string of the molecule is COC(=O)C(C)(C)CN1C(=O)NC(=O)C12CCCC2. The predicted octanol–water partition coefficient (Wildman–Crippen LogP) is 1.05. The Bertz CT molecular complexity index is 424. The number of imide groups is 1. The molecule has 1 aliphatic heterocycles. The Morgan fingerprint density at radius 2 is 1.95 bits per heavy atom. The summed E-state index contributed by atoms with van der Waals surface area (Å²) in [7, 11) is 1.32. The van der Waals surface area contributed by atoms with E-state index in [1.807, 2.05) is 0 Å². The van der Waals surface area contributed by atoms with Crippen LogP contribution in [0.25, 0.3) is 0 Å². The number of nitrogens with zero attached hydrogens (tertiary/aromatic N) is 1. The van der Waals surface area contributed by atoms with E-state index in [4.69, 9.17) is 4.74 Å². The summed E-state index contributed by atoms with van der Waals surface area (Å²) in [6.07, 6.45) is 3.19. The zero-order chi connectivity index (χ0) is 14.3. The number of amides is 3. The van der Waals surface area contributed by atoms with Gasteiger partial charge in [-0.05, 0) is 26.7 Å². The Kier molecular flexibility index (Phi) is 3.28. The van der Waals surface area contributed by atoms with Gasteiger partial charge in [0, 0.05) is 6.54 Å². The third kappa shape index (κ3) is 2.09. The van der Waals surface area contributed by atoms with Crippen LogP contribution in [0.1, 0.15) is 39.5 Å². The first-order valence-corrected chi connectivity index (χ1v) is 6.55. The third-order valence-corrected chi connectivity index (χ3v) is 4.13. The lowest BCUT2D eigenvalue weighted by Gasteiger charge is -2.36. The third-order valence-electron chi connectivity index (χ3n) is 4.13. The fourth-order valence-electron chi connectivity index (χ4n) is 3.01. The van der Waals surface area contributed by atoms with Gasteiger partial charge in [0.2, 0.25) is 0 Å². The van der Waals surface area contributed by atoms with Gasteiger partial charge in [-0.15, -0.1) is 0 Å². The van der Waals surface area contributed by atoms with Gasteiger partial charge in [-0.1, -0.05) is 12.8 Å². The monoisotopic (exact) mass is 268 g/mol. The van der Waals surface area contributed by atoms with E-state index in [0.29, 0.717) is 12.8 Å². The number of carbonyl (C=O) groups is 3. The van der Waals surface area contributed by atoms with Gasteiger partial charge in [0.1, 0.15) is 5.54 Å². The number of esters is 1. The van der Waals surface area contributed by atoms with Crippen molar-refractivity contribution in [1.82, 2.24) is 10.2 Å². The molecule has 0 radical (unpaired) electrons. The second-order valence-electron chi connectivity index (χ2n) is 5.96. The van der Waals surface area contributed by atoms with Crippen LogP contribution >= 0.6 is 0 Å². The minimum atomic E-state index is -0.827. The Labute approximate surface area is 112 Å². The second-order valence-corrected chi connectivity index (χ2v) is 5.96. The lowest BCUT2D eigenvalue weighted by Crippen LogP contribution is -2.52. The van der Waals surface area contributed by atoms with Crippen LogP contribution in [0.15, 0.2) is 0 Å². The molecule has 2 rings (SSSR count). The van der Waals surface area contributed by atoms with Crippen molar-refractivity contribution in [3.05, 3.63) is 0 Å². The van der Waals surface area contributed by atoms with Crippen LogP contribution in [0, 0.1) is 5.41 Å². The van der Waals surface area contributed by atoms with Crippen LogP contribution in [0.4, 0.5) is 4.79 Å². The molecule has 1 heterocycles. The van der Waals surface area contributed by atoms with Gasteiger partial charge in [0.15, 0.2) is 0 Å². The summed E-state index contributed by atoms with van der Waals surface area (Å²) >= 11 is 0. The molecule has 0 unspecified atom stereocenters. The fourth-order valence-corrected chi connectivity index (χ4v) is 3.01. The number of hydrogen-bond donors (Lipinski definition) is 1. The highest BCUT2D eigenvalue weighted by Crippen LogP contribution is 2.40. The Hall–Kier alpha value is -1.59. The van der Waals surface area contributed by atoms with Crippen molar-refractivity contribution in [2.24, 2.45) is 5.41 Å². The molecule has 0 aromatic heterocycles. The highest BCUT2D eigenvalue weighted by molar-refractivity contribution is 6.07. The van der Waals surface area contributed by atoms with Gasteiger partial charge >= 0.3 is 12.0 Å². The van der Waals surface area contributed by atoms with Crippen molar-refractivity contribution < 1.29 is 19.1 Å². The van der Waals surface area contributed by atoms with E-state index in [2.05, 4.69) is 5.32 Å². The Morgan fingerprint density at radius 3 is 2.47 bits per heavy atom. The van der Waals surface area contributed by atoms with Crippen molar-refractivity contribution in [3.8, 4) is 0 Å². The summed E-state index contributed by atoms with van der Waals surface area (Å²) < 4.78 is 4.76. The first-order chi connectivity index (χ1) is 8.83. The summed E-state index contributed by atoms with van der Waals surface area (Å²) in [5.74, 6) is -0.608. The predicted molar refractivity (Wildman–Crippen MR) is 67.2 cm³/mol. The standard InChI is InChI=1S/C13H20N2O4/c1-12(2,10(17)19-3)8-15-11(18)14-9(16)13(15)6-4-5-7-13/h4-8H2,1-3H3,(H,14,16,18). The van der Waals surface area contributed by atoms with E-state index < -0.39 is 17.0 Å².